The molecule has 0 unspecified atom stereocenters. The second-order valence-corrected chi connectivity index (χ2v) is 5.54. The van der Waals surface area contributed by atoms with Gasteiger partial charge < -0.3 is 20.3 Å². The number of nitro groups is 1. The van der Waals surface area contributed by atoms with E-state index in [4.69, 9.17) is 0 Å². The van der Waals surface area contributed by atoms with Crippen LogP contribution in [0.2, 0.25) is 0 Å². The maximum Gasteiger partial charge on any atom is 0.323 e. The molecule has 1 aromatic rings. The maximum absolute atomic E-state index is 12.4. The summed E-state index contributed by atoms with van der Waals surface area (Å²) < 4.78 is 1.35. The topological polar surface area (TPSA) is 83.7 Å². The van der Waals surface area contributed by atoms with Crippen molar-refractivity contribution < 1.29 is 9.72 Å². The summed E-state index contributed by atoms with van der Waals surface area (Å²) in [6.07, 6.45) is 0. The lowest BCUT2D eigenvalue weighted by molar-refractivity contribution is -0.391. The molecule has 2 aliphatic rings. The summed E-state index contributed by atoms with van der Waals surface area (Å²) in [5.41, 5.74) is 0.375. The molecule has 0 aliphatic carbocycles. The highest BCUT2D eigenvalue weighted by atomic mass is 16.6. The lowest BCUT2D eigenvalue weighted by Gasteiger charge is -2.46. The van der Waals surface area contributed by atoms with E-state index in [1.54, 1.807) is 11.9 Å². The van der Waals surface area contributed by atoms with E-state index < -0.39 is 4.92 Å². The van der Waals surface area contributed by atoms with E-state index in [-0.39, 0.29) is 11.7 Å². The number of aromatic nitrogens is 1. The Bertz CT molecular complexity index is 558. The summed E-state index contributed by atoms with van der Waals surface area (Å²) in [7, 11) is 1.55. The Morgan fingerprint density at radius 1 is 1.33 bits per heavy atom. The predicted octanol–water partition coefficient (Wildman–Crippen LogP) is -0.337. The molecule has 8 heteroatoms. The van der Waals surface area contributed by atoms with E-state index in [9.17, 15) is 14.9 Å². The van der Waals surface area contributed by atoms with Gasteiger partial charge in [-0.25, -0.2) is 4.57 Å². The molecule has 114 valence electrons. The van der Waals surface area contributed by atoms with Crippen LogP contribution < -0.4 is 5.32 Å². The van der Waals surface area contributed by atoms with Crippen molar-refractivity contribution in [1.29, 1.82) is 0 Å². The molecule has 3 heterocycles. The molecule has 3 rings (SSSR count). The van der Waals surface area contributed by atoms with Crippen LogP contribution in [0.3, 0.4) is 0 Å². The third kappa shape index (κ3) is 2.52. The van der Waals surface area contributed by atoms with Crippen LogP contribution in [0.1, 0.15) is 10.5 Å². The molecule has 1 amide bonds. The number of rotatable bonds is 3. The van der Waals surface area contributed by atoms with E-state index in [1.807, 2.05) is 0 Å². The number of nitrogens with one attached hydrogen (secondary N) is 1. The normalized spacial score (nSPS) is 20.3. The molecule has 0 radical (unpaired) electrons. The largest absolute Gasteiger partial charge is 0.358 e. The quantitative estimate of drug-likeness (QED) is 0.609. The molecule has 0 atom stereocenters. The number of likely N-dealkylation sites (tertiary alicyclic amines) is 1. The lowest BCUT2D eigenvalue weighted by Crippen LogP contribution is -2.64. The summed E-state index contributed by atoms with van der Waals surface area (Å²) in [5, 5.41) is 14.1. The Kier molecular flexibility index (Phi) is 3.64. The first-order chi connectivity index (χ1) is 10.1. The van der Waals surface area contributed by atoms with Crippen LogP contribution >= 0.6 is 0 Å². The van der Waals surface area contributed by atoms with Gasteiger partial charge in [-0.2, -0.15) is 0 Å². The van der Waals surface area contributed by atoms with Crippen LogP contribution in [-0.4, -0.2) is 70.5 Å². The molecule has 2 saturated heterocycles. The summed E-state index contributed by atoms with van der Waals surface area (Å²) in [6, 6.07) is 3.32. The second kappa shape index (κ2) is 5.45. The number of piperazine rings is 1. The van der Waals surface area contributed by atoms with Crippen LogP contribution in [0.25, 0.3) is 0 Å². The second-order valence-electron chi connectivity index (χ2n) is 5.54. The van der Waals surface area contributed by atoms with Crippen molar-refractivity contribution in [2.24, 2.45) is 7.05 Å². The average molecular weight is 293 g/mol. The molecule has 0 saturated carbocycles. The van der Waals surface area contributed by atoms with E-state index in [2.05, 4.69) is 10.2 Å². The van der Waals surface area contributed by atoms with Gasteiger partial charge in [0.2, 0.25) is 0 Å². The Morgan fingerprint density at radius 3 is 2.57 bits per heavy atom. The molecule has 1 N–H and O–H groups in total. The monoisotopic (exact) mass is 293 g/mol. The molecule has 0 bridgehead atoms. The van der Waals surface area contributed by atoms with Crippen molar-refractivity contribution in [1.82, 2.24) is 19.7 Å². The molecule has 2 fully saturated rings. The molecule has 0 aromatic carbocycles. The molecule has 0 spiro atoms. The van der Waals surface area contributed by atoms with Crippen LogP contribution in [0, 0.1) is 10.1 Å². The van der Waals surface area contributed by atoms with Crippen molar-refractivity contribution in [3.63, 3.8) is 0 Å². The smallest absolute Gasteiger partial charge is 0.323 e. The average Bonchev–Trinajstić information content (AvgIpc) is 2.80. The van der Waals surface area contributed by atoms with Gasteiger partial charge in [-0.1, -0.05) is 0 Å². The number of hydrogen-bond donors (Lipinski definition) is 1. The molecule has 1 aromatic heterocycles. The number of nitrogens with zero attached hydrogens (tertiary/aromatic N) is 4. The van der Waals surface area contributed by atoms with Gasteiger partial charge in [0.05, 0.1) is 7.05 Å². The maximum atomic E-state index is 12.4. The van der Waals surface area contributed by atoms with Gasteiger partial charge in [-0.3, -0.25) is 9.69 Å². The minimum Gasteiger partial charge on any atom is -0.358 e. The van der Waals surface area contributed by atoms with Crippen molar-refractivity contribution >= 4 is 11.7 Å². The van der Waals surface area contributed by atoms with Gasteiger partial charge in [-0.05, 0) is 11.0 Å². The van der Waals surface area contributed by atoms with Crippen molar-refractivity contribution in [3.8, 4) is 0 Å². The van der Waals surface area contributed by atoms with Gasteiger partial charge in [0.25, 0.3) is 5.91 Å². The molecule has 21 heavy (non-hydrogen) atoms. The van der Waals surface area contributed by atoms with Crippen LogP contribution in [0.4, 0.5) is 5.82 Å². The molecule has 8 nitrogen and oxygen atoms in total. The van der Waals surface area contributed by atoms with Gasteiger partial charge in [0.1, 0.15) is 0 Å². The summed E-state index contributed by atoms with van der Waals surface area (Å²) in [5.74, 6) is -0.186. The fourth-order valence-electron chi connectivity index (χ4n) is 2.96. The van der Waals surface area contributed by atoms with Crippen LogP contribution in [-0.2, 0) is 7.05 Å². The number of amides is 1. The standard InChI is InChI=1S/C13H19N5O3/c1-15-11(2-3-12(15)18(20)21)13(19)17-8-10(9-17)16-6-4-14-5-7-16/h2-3,10,14H,4-9H2,1H3. The zero-order chi connectivity index (χ0) is 15.0. The van der Waals surface area contributed by atoms with Crippen molar-refractivity contribution in [2.45, 2.75) is 6.04 Å². The third-order valence-electron chi connectivity index (χ3n) is 4.32. The Morgan fingerprint density at radius 2 is 2.00 bits per heavy atom. The minimum absolute atomic E-state index is 0.0578. The Hall–Kier alpha value is -1.93. The summed E-state index contributed by atoms with van der Waals surface area (Å²) >= 11 is 0. The van der Waals surface area contributed by atoms with E-state index in [0.717, 1.165) is 26.2 Å². The van der Waals surface area contributed by atoms with Gasteiger partial charge in [0.15, 0.2) is 5.69 Å². The fourth-order valence-corrected chi connectivity index (χ4v) is 2.96. The molecular weight excluding hydrogens is 274 g/mol. The Labute approximate surface area is 122 Å². The zero-order valence-electron chi connectivity index (χ0n) is 12.0. The summed E-state index contributed by atoms with van der Waals surface area (Å²) in [4.78, 5) is 26.9. The van der Waals surface area contributed by atoms with Gasteiger partial charge in [-0.15, -0.1) is 0 Å². The lowest BCUT2D eigenvalue weighted by atomic mass is 10.1. The van der Waals surface area contributed by atoms with E-state index >= 15 is 0 Å². The summed E-state index contributed by atoms with van der Waals surface area (Å²) in [6.45, 7) is 5.43. The van der Waals surface area contributed by atoms with Crippen LogP contribution in [0.15, 0.2) is 12.1 Å². The fraction of sp³-hybridized carbons (Fsp3) is 0.615. The SMILES string of the molecule is Cn1c(C(=O)N2CC(N3CCNCC3)C2)ccc1[N+](=O)[O-]. The predicted molar refractivity (Wildman–Crippen MR) is 76.2 cm³/mol. The van der Waals surface area contributed by atoms with E-state index in [0.29, 0.717) is 24.8 Å². The first kappa shape index (κ1) is 14.0. The van der Waals surface area contributed by atoms with E-state index in [1.165, 1.54) is 16.7 Å². The highest BCUT2D eigenvalue weighted by Gasteiger charge is 2.37. The first-order valence-electron chi connectivity index (χ1n) is 7.12. The van der Waals surface area contributed by atoms with Crippen molar-refractivity contribution in [2.75, 3.05) is 39.3 Å². The molecular formula is C13H19N5O3. The number of hydrogen-bond acceptors (Lipinski definition) is 5. The highest BCUT2D eigenvalue weighted by molar-refractivity contribution is 5.94. The van der Waals surface area contributed by atoms with Gasteiger partial charge in [0, 0.05) is 51.4 Å². The minimum atomic E-state index is -0.476. The number of carbonyl (C=O) groups is 1. The Balaban J connectivity index is 1.61. The highest BCUT2D eigenvalue weighted by Crippen LogP contribution is 2.21. The van der Waals surface area contributed by atoms with Crippen molar-refractivity contribution in [3.05, 3.63) is 27.9 Å². The van der Waals surface area contributed by atoms with Crippen LogP contribution in [0.5, 0.6) is 0 Å². The molecule has 2 aliphatic heterocycles. The van der Waals surface area contributed by atoms with Gasteiger partial charge >= 0.3 is 5.82 Å². The third-order valence-corrected chi connectivity index (χ3v) is 4.32. The number of carbonyl (C=O) groups excluding carboxylic acids is 1. The zero-order valence-corrected chi connectivity index (χ0v) is 12.0. The first-order valence-corrected chi connectivity index (χ1v) is 7.12.